The molecule has 8 heteroatoms. The van der Waals surface area contributed by atoms with Gasteiger partial charge in [-0.1, -0.05) is 58.3 Å². The molecule has 1 saturated heterocycles. The summed E-state index contributed by atoms with van der Waals surface area (Å²) in [5, 5.41) is 49.8. The molecule has 1 heterocycles. The van der Waals surface area contributed by atoms with E-state index in [-0.39, 0.29) is 6.42 Å². The van der Waals surface area contributed by atoms with Crippen molar-refractivity contribution in [1.82, 2.24) is 0 Å². The standard InChI is InChI=1S/C19H36O8/c1-3-4-5-6-7-8-9-10-11-12-15(21)27-19(25)17(23)16(22)14(13-20)26-18(19,2)24/h14,16-17,20,22-25H,3-13H2,1-2H3/t14-,16-,17+,18?,19-/m1/s1. The van der Waals surface area contributed by atoms with Gasteiger partial charge in [0.1, 0.15) is 12.2 Å². The summed E-state index contributed by atoms with van der Waals surface area (Å²) in [5.41, 5.74) is 0. The maximum absolute atomic E-state index is 12.0. The molecule has 8 nitrogen and oxygen atoms in total. The summed E-state index contributed by atoms with van der Waals surface area (Å²) in [6.45, 7) is 2.49. The fourth-order valence-corrected chi connectivity index (χ4v) is 3.26. The zero-order valence-electron chi connectivity index (χ0n) is 16.5. The Kier molecular flexibility index (Phi) is 10.1. The molecule has 0 aromatic heterocycles. The summed E-state index contributed by atoms with van der Waals surface area (Å²) in [6, 6.07) is 0. The Labute approximate surface area is 161 Å². The van der Waals surface area contributed by atoms with E-state index in [1.165, 1.54) is 32.1 Å². The highest BCUT2D eigenvalue weighted by Gasteiger charge is 2.64. The fourth-order valence-electron chi connectivity index (χ4n) is 3.26. The van der Waals surface area contributed by atoms with E-state index in [4.69, 9.17) is 14.6 Å². The Morgan fingerprint density at radius 2 is 1.52 bits per heavy atom. The average molecular weight is 392 g/mol. The van der Waals surface area contributed by atoms with Crippen LogP contribution in [0, 0.1) is 0 Å². The number of aliphatic hydroxyl groups excluding tert-OH is 3. The Balaban J connectivity index is 2.37. The summed E-state index contributed by atoms with van der Waals surface area (Å²) >= 11 is 0. The minimum absolute atomic E-state index is 0.0144. The van der Waals surface area contributed by atoms with Crippen molar-refractivity contribution in [3.05, 3.63) is 0 Å². The molecular formula is C19H36O8. The number of aliphatic hydroxyl groups is 5. The largest absolute Gasteiger partial charge is 0.424 e. The number of hydrogen-bond acceptors (Lipinski definition) is 8. The van der Waals surface area contributed by atoms with E-state index in [0.29, 0.717) is 6.42 Å². The first kappa shape index (κ1) is 24.3. The molecule has 1 unspecified atom stereocenters. The van der Waals surface area contributed by atoms with Gasteiger partial charge in [0, 0.05) is 6.42 Å². The van der Waals surface area contributed by atoms with Crippen molar-refractivity contribution in [1.29, 1.82) is 0 Å². The first-order chi connectivity index (χ1) is 12.7. The van der Waals surface area contributed by atoms with E-state index in [0.717, 1.165) is 26.2 Å². The minimum atomic E-state index is -2.82. The first-order valence-electron chi connectivity index (χ1n) is 10.0. The van der Waals surface area contributed by atoms with Crippen LogP contribution in [0.1, 0.15) is 78.1 Å². The first-order valence-corrected chi connectivity index (χ1v) is 10.0. The lowest BCUT2D eigenvalue weighted by Gasteiger charge is -2.50. The van der Waals surface area contributed by atoms with Crippen LogP contribution >= 0.6 is 0 Å². The summed E-state index contributed by atoms with van der Waals surface area (Å²) in [5.74, 6) is -6.11. The molecule has 5 N–H and O–H groups in total. The van der Waals surface area contributed by atoms with E-state index in [1.807, 2.05) is 0 Å². The third-order valence-corrected chi connectivity index (χ3v) is 5.08. The van der Waals surface area contributed by atoms with Crippen LogP contribution in [0.5, 0.6) is 0 Å². The molecule has 0 aromatic carbocycles. The molecule has 0 saturated carbocycles. The number of ether oxygens (including phenoxy) is 2. The SMILES string of the molecule is CCCCCCCCCCCC(=O)O[C@]1(O)[C@@H](O)[C@H](O)[C@@H](CO)OC1(C)O. The topological polar surface area (TPSA) is 137 Å². The van der Waals surface area contributed by atoms with Gasteiger partial charge >= 0.3 is 5.97 Å². The van der Waals surface area contributed by atoms with Gasteiger partial charge in [-0.15, -0.1) is 0 Å². The van der Waals surface area contributed by atoms with E-state index < -0.39 is 42.5 Å². The van der Waals surface area contributed by atoms with Gasteiger partial charge < -0.3 is 35.0 Å². The van der Waals surface area contributed by atoms with Crippen LogP contribution in [-0.4, -0.2) is 68.0 Å². The summed E-state index contributed by atoms with van der Waals surface area (Å²) in [6.07, 6.45) is 4.63. The maximum atomic E-state index is 12.0. The molecule has 1 rings (SSSR count). The number of rotatable bonds is 12. The predicted octanol–water partition coefficient (Wildman–Crippen LogP) is 0.960. The van der Waals surface area contributed by atoms with Crippen LogP contribution in [0.3, 0.4) is 0 Å². The molecule has 27 heavy (non-hydrogen) atoms. The highest BCUT2D eigenvalue weighted by molar-refractivity contribution is 5.69. The lowest BCUT2D eigenvalue weighted by atomic mass is 9.89. The zero-order chi connectivity index (χ0) is 20.5. The molecule has 0 radical (unpaired) electrons. The number of hydrogen-bond donors (Lipinski definition) is 5. The molecule has 1 fully saturated rings. The van der Waals surface area contributed by atoms with Gasteiger partial charge in [0.25, 0.3) is 5.79 Å². The van der Waals surface area contributed by atoms with Crippen LogP contribution in [-0.2, 0) is 14.3 Å². The summed E-state index contributed by atoms with van der Waals surface area (Å²) in [7, 11) is 0. The van der Waals surface area contributed by atoms with Gasteiger partial charge in [-0.25, -0.2) is 0 Å². The van der Waals surface area contributed by atoms with Crippen molar-refractivity contribution in [3.63, 3.8) is 0 Å². The monoisotopic (exact) mass is 392 g/mol. The molecule has 1 aliphatic heterocycles. The number of esters is 1. The summed E-state index contributed by atoms with van der Waals surface area (Å²) < 4.78 is 9.88. The zero-order valence-corrected chi connectivity index (χ0v) is 16.5. The van der Waals surface area contributed by atoms with Crippen molar-refractivity contribution >= 4 is 5.97 Å². The van der Waals surface area contributed by atoms with Crippen LogP contribution < -0.4 is 0 Å². The summed E-state index contributed by atoms with van der Waals surface area (Å²) in [4.78, 5) is 12.0. The van der Waals surface area contributed by atoms with Gasteiger partial charge in [0.05, 0.1) is 6.61 Å². The Hall–Kier alpha value is -0.770. The quantitative estimate of drug-likeness (QED) is 0.188. The Morgan fingerprint density at radius 3 is 2.04 bits per heavy atom. The third-order valence-electron chi connectivity index (χ3n) is 5.08. The Bertz CT molecular complexity index is 441. The molecule has 0 aromatic rings. The molecule has 0 bridgehead atoms. The molecule has 160 valence electrons. The van der Waals surface area contributed by atoms with Crippen LogP contribution in [0.4, 0.5) is 0 Å². The van der Waals surface area contributed by atoms with Crippen LogP contribution in [0.25, 0.3) is 0 Å². The van der Waals surface area contributed by atoms with Gasteiger partial charge in [-0.2, -0.15) is 0 Å². The second-order valence-electron chi connectivity index (χ2n) is 7.51. The van der Waals surface area contributed by atoms with Crippen molar-refractivity contribution in [2.45, 2.75) is 108 Å². The molecule has 5 atom stereocenters. The van der Waals surface area contributed by atoms with Crippen molar-refractivity contribution in [3.8, 4) is 0 Å². The maximum Gasteiger partial charge on any atom is 0.308 e. The minimum Gasteiger partial charge on any atom is -0.424 e. The van der Waals surface area contributed by atoms with E-state index >= 15 is 0 Å². The molecular weight excluding hydrogens is 356 g/mol. The van der Waals surface area contributed by atoms with E-state index in [9.17, 15) is 25.2 Å². The van der Waals surface area contributed by atoms with Crippen molar-refractivity contribution in [2.24, 2.45) is 0 Å². The van der Waals surface area contributed by atoms with Gasteiger partial charge in [0.2, 0.25) is 5.79 Å². The highest BCUT2D eigenvalue weighted by Crippen LogP contribution is 2.37. The van der Waals surface area contributed by atoms with Crippen LogP contribution in [0.15, 0.2) is 0 Å². The second kappa shape index (κ2) is 11.3. The van der Waals surface area contributed by atoms with Crippen LogP contribution in [0.2, 0.25) is 0 Å². The number of unbranched alkanes of at least 4 members (excludes halogenated alkanes) is 8. The Morgan fingerprint density at radius 1 is 1.00 bits per heavy atom. The van der Waals surface area contributed by atoms with Gasteiger partial charge in [0.15, 0.2) is 6.10 Å². The number of carbonyl (C=O) groups excluding carboxylic acids is 1. The highest BCUT2D eigenvalue weighted by atomic mass is 16.7. The normalized spacial score (nSPS) is 33.8. The lowest BCUT2D eigenvalue weighted by Crippen LogP contribution is -2.73. The second-order valence-corrected chi connectivity index (χ2v) is 7.51. The average Bonchev–Trinajstić information content (AvgIpc) is 2.62. The lowest BCUT2D eigenvalue weighted by molar-refractivity contribution is -0.440. The molecule has 0 amide bonds. The van der Waals surface area contributed by atoms with E-state index in [1.54, 1.807) is 0 Å². The molecule has 0 spiro atoms. The van der Waals surface area contributed by atoms with Crippen molar-refractivity contribution < 1.29 is 39.8 Å². The fraction of sp³-hybridized carbons (Fsp3) is 0.947. The van der Waals surface area contributed by atoms with Crippen molar-refractivity contribution in [2.75, 3.05) is 6.61 Å². The molecule has 1 aliphatic rings. The van der Waals surface area contributed by atoms with E-state index in [2.05, 4.69) is 6.92 Å². The van der Waals surface area contributed by atoms with Gasteiger partial charge in [-0.05, 0) is 13.3 Å². The molecule has 0 aliphatic carbocycles. The third kappa shape index (κ3) is 6.66. The predicted molar refractivity (Wildman–Crippen MR) is 97.5 cm³/mol. The van der Waals surface area contributed by atoms with Gasteiger partial charge in [-0.3, -0.25) is 4.79 Å². The smallest absolute Gasteiger partial charge is 0.308 e. The number of carbonyl (C=O) groups is 1.